The fourth-order valence-corrected chi connectivity index (χ4v) is 3.35. The first kappa shape index (κ1) is 15.7. The van der Waals surface area contributed by atoms with Crippen LogP contribution in [0.4, 0.5) is 0 Å². The van der Waals surface area contributed by atoms with Crippen molar-refractivity contribution in [2.45, 2.75) is 38.0 Å². The van der Waals surface area contributed by atoms with Crippen molar-refractivity contribution in [1.82, 2.24) is 10.2 Å². The third kappa shape index (κ3) is 3.79. The van der Waals surface area contributed by atoms with Crippen LogP contribution in [0.1, 0.15) is 24.5 Å². The van der Waals surface area contributed by atoms with Crippen molar-refractivity contribution < 1.29 is 0 Å². The Balaban J connectivity index is 1.65. The number of nitriles is 1. The van der Waals surface area contributed by atoms with Gasteiger partial charge in [0.15, 0.2) is 0 Å². The zero-order valence-electron chi connectivity index (χ0n) is 13.6. The maximum absolute atomic E-state index is 9.76. The standard InChI is InChI=1S/C20H23N3/c1-17-12-20(15-21,22-13-18-8-4-2-5-9-18)16-23(17)14-19-10-6-3-7-11-19/h2-11,17,22H,12-14,16H2,1H3. The van der Waals surface area contributed by atoms with Crippen LogP contribution in [0.2, 0.25) is 0 Å². The van der Waals surface area contributed by atoms with E-state index < -0.39 is 5.54 Å². The lowest BCUT2D eigenvalue weighted by molar-refractivity contribution is 0.251. The molecule has 2 unspecified atom stereocenters. The van der Waals surface area contributed by atoms with E-state index in [-0.39, 0.29) is 0 Å². The Bertz CT molecular complexity index is 662. The van der Waals surface area contributed by atoms with Crippen LogP contribution in [0.25, 0.3) is 0 Å². The molecule has 2 aromatic rings. The minimum atomic E-state index is -0.454. The number of nitrogens with zero attached hydrogens (tertiary/aromatic N) is 2. The van der Waals surface area contributed by atoms with Gasteiger partial charge in [0.1, 0.15) is 5.54 Å². The van der Waals surface area contributed by atoms with Gasteiger partial charge in [-0.2, -0.15) is 5.26 Å². The molecule has 2 atom stereocenters. The summed E-state index contributed by atoms with van der Waals surface area (Å²) < 4.78 is 0. The molecule has 1 aliphatic rings. The first-order chi connectivity index (χ1) is 11.2. The zero-order chi connectivity index (χ0) is 16.1. The maximum atomic E-state index is 9.76. The molecule has 1 N–H and O–H groups in total. The topological polar surface area (TPSA) is 39.1 Å². The lowest BCUT2D eigenvalue weighted by Gasteiger charge is -2.24. The van der Waals surface area contributed by atoms with Gasteiger partial charge < -0.3 is 0 Å². The molecule has 0 saturated carbocycles. The Hall–Kier alpha value is -2.15. The van der Waals surface area contributed by atoms with Crippen molar-refractivity contribution in [3.63, 3.8) is 0 Å². The van der Waals surface area contributed by atoms with Crippen LogP contribution in [0.3, 0.4) is 0 Å². The molecule has 1 aliphatic heterocycles. The minimum Gasteiger partial charge on any atom is -0.294 e. The van der Waals surface area contributed by atoms with Crippen molar-refractivity contribution in [2.75, 3.05) is 6.54 Å². The van der Waals surface area contributed by atoms with E-state index in [1.807, 2.05) is 24.3 Å². The van der Waals surface area contributed by atoms with Crippen molar-refractivity contribution in [2.24, 2.45) is 0 Å². The molecular formula is C20H23N3. The Labute approximate surface area is 138 Å². The number of likely N-dealkylation sites (tertiary alicyclic amines) is 1. The number of nitrogens with one attached hydrogen (secondary N) is 1. The van der Waals surface area contributed by atoms with Crippen molar-refractivity contribution >= 4 is 0 Å². The smallest absolute Gasteiger partial charge is 0.121 e. The summed E-state index contributed by atoms with van der Waals surface area (Å²) >= 11 is 0. The predicted octanol–water partition coefficient (Wildman–Crippen LogP) is 3.33. The third-order valence-electron chi connectivity index (χ3n) is 4.66. The normalized spacial score (nSPS) is 24.4. The molecular weight excluding hydrogens is 282 g/mol. The van der Waals surface area contributed by atoms with E-state index in [9.17, 15) is 5.26 Å². The highest BCUT2D eigenvalue weighted by molar-refractivity contribution is 5.21. The zero-order valence-corrected chi connectivity index (χ0v) is 13.6. The first-order valence-electron chi connectivity index (χ1n) is 8.19. The van der Waals surface area contributed by atoms with Gasteiger partial charge in [-0.3, -0.25) is 10.2 Å². The van der Waals surface area contributed by atoms with Gasteiger partial charge in [0, 0.05) is 25.7 Å². The lowest BCUT2D eigenvalue weighted by Crippen LogP contribution is -2.45. The number of rotatable bonds is 5. The number of hydrogen-bond acceptors (Lipinski definition) is 3. The Morgan fingerprint density at radius 3 is 2.30 bits per heavy atom. The van der Waals surface area contributed by atoms with Crippen LogP contribution in [0, 0.1) is 11.3 Å². The van der Waals surface area contributed by atoms with Crippen LogP contribution >= 0.6 is 0 Å². The highest BCUT2D eigenvalue weighted by Gasteiger charge is 2.42. The third-order valence-corrected chi connectivity index (χ3v) is 4.66. The highest BCUT2D eigenvalue weighted by Crippen LogP contribution is 2.28. The lowest BCUT2D eigenvalue weighted by atomic mass is 9.98. The summed E-state index contributed by atoms with van der Waals surface area (Å²) in [6, 6.07) is 23.7. The molecule has 2 aromatic carbocycles. The molecule has 0 radical (unpaired) electrons. The van der Waals surface area contributed by atoms with Crippen LogP contribution in [0.5, 0.6) is 0 Å². The van der Waals surface area contributed by atoms with E-state index in [2.05, 4.69) is 59.6 Å². The average molecular weight is 305 g/mol. The van der Waals surface area contributed by atoms with Gasteiger partial charge in [-0.1, -0.05) is 60.7 Å². The summed E-state index contributed by atoms with van der Waals surface area (Å²) in [5.74, 6) is 0. The van der Waals surface area contributed by atoms with E-state index in [1.54, 1.807) is 0 Å². The van der Waals surface area contributed by atoms with Crippen molar-refractivity contribution in [3.8, 4) is 6.07 Å². The Morgan fingerprint density at radius 1 is 1.09 bits per heavy atom. The van der Waals surface area contributed by atoms with Crippen molar-refractivity contribution in [3.05, 3.63) is 71.8 Å². The van der Waals surface area contributed by atoms with E-state index in [0.717, 1.165) is 26.1 Å². The van der Waals surface area contributed by atoms with E-state index >= 15 is 0 Å². The minimum absolute atomic E-state index is 0.401. The molecule has 3 heteroatoms. The van der Waals surface area contributed by atoms with E-state index in [0.29, 0.717) is 6.04 Å². The summed E-state index contributed by atoms with van der Waals surface area (Å²) in [7, 11) is 0. The fraction of sp³-hybridized carbons (Fsp3) is 0.350. The van der Waals surface area contributed by atoms with Gasteiger partial charge in [-0.25, -0.2) is 0 Å². The van der Waals surface area contributed by atoms with Crippen LogP contribution in [0.15, 0.2) is 60.7 Å². The Morgan fingerprint density at radius 2 is 1.70 bits per heavy atom. The molecule has 0 amide bonds. The van der Waals surface area contributed by atoms with Gasteiger partial charge in [-0.15, -0.1) is 0 Å². The van der Waals surface area contributed by atoms with Gasteiger partial charge in [0.05, 0.1) is 6.07 Å². The second-order valence-electron chi connectivity index (χ2n) is 6.48. The number of hydrogen-bond donors (Lipinski definition) is 1. The second kappa shape index (κ2) is 6.95. The molecule has 1 heterocycles. The monoisotopic (exact) mass is 305 g/mol. The van der Waals surface area contributed by atoms with Gasteiger partial charge in [0.25, 0.3) is 0 Å². The number of benzene rings is 2. The SMILES string of the molecule is CC1CC(C#N)(NCc2ccccc2)CN1Cc1ccccc1. The van der Waals surface area contributed by atoms with E-state index in [1.165, 1.54) is 11.1 Å². The van der Waals surface area contributed by atoms with Crippen LogP contribution < -0.4 is 5.32 Å². The molecule has 0 aromatic heterocycles. The van der Waals surface area contributed by atoms with Gasteiger partial charge in [0.2, 0.25) is 0 Å². The summed E-state index contributed by atoms with van der Waals surface area (Å²) in [4.78, 5) is 2.40. The van der Waals surface area contributed by atoms with Crippen molar-refractivity contribution in [1.29, 1.82) is 5.26 Å². The van der Waals surface area contributed by atoms with Crippen LogP contribution in [-0.4, -0.2) is 23.0 Å². The molecule has 3 rings (SSSR count). The predicted molar refractivity (Wildman–Crippen MR) is 92.6 cm³/mol. The largest absolute Gasteiger partial charge is 0.294 e. The first-order valence-corrected chi connectivity index (χ1v) is 8.19. The summed E-state index contributed by atoms with van der Waals surface area (Å²) in [5, 5.41) is 13.3. The van der Waals surface area contributed by atoms with E-state index in [4.69, 9.17) is 0 Å². The molecule has 118 valence electrons. The molecule has 0 bridgehead atoms. The van der Waals surface area contributed by atoms with Crippen LogP contribution in [-0.2, 0) is 13.1 Å². The molecule has 0 aliphatic carbocycles. The summed E-state index contributed by atoms with van der Waals surface area (Å²) in [6.07, 6.45) is 0.864. The average Bonchev–Trinajstić information content (AvgIpc) is 2.91. The highest BCUT2D eigenvalue weighted by atomic mass is 15.2. The quantitative estimate of drug-likeness (QED) is 0.921. The van der Waals surface area contributed by atoms with Gasteiger partial charge >= 0.3 is 0 Å². The molecule has 23 heavy (non-hydrogen) atoms. The summed E-state index contributed by atoms with van der Waals surface area (Å²) in [5.41, 5.74) is 2.07. The molecule has 1 fully saturated rings. The molecule has 1 saturated heterocycles. The second-order valence-corrected chi connectivity index (χ2v) is 6.48. The Kier molecular flexibility index (Phi) is 4.76. The summed E-state index contributed by atoms with van der Waals surface area (Å²) in [6.45, 7) is 4.62. The molecule has 0 spiro atoms. The maximum Gasteiger partial charge on any atom is 0.121 e. The van der Waals surface area contributed by atoms with Gasteiger partial charge in [-0.05, 0) is 24.5 Å². The fourth-order valence-electron chi connectivity index (χ4n) is 3.35. The molecule has 3 nitrogen and oxygen atoms in total.